The Bertz CT molecular complexity index is 806. The second-order valence-electron chi connectivity index (χ2n) is 13.1. The van der Waals surface area contributed by atoms with Crippen LogP contribution in [0.4, 0.5) is 4.79 Å². The van der Waals surface area contributed by atoms with Crippen molar-refractivity contribution in [1.29, 1.82) is 0 Å². The van der Waals surface area contributed by atoms with E-state index in [1.807, 2.05) is 0 Å². The fraction of sp³-hybridized carbons (Fsp3) is 0.897. The molecule has 1 unspecified atom stereocenters. The first-order valence-corrected chi connectivity index (χ1v) is 19.8. The molecule has 0 aromatic heterocycles. The van der Waals surface area contributed by atoms with Gasteiger partial charge in [-0.3, -0.25) is 14.4 Å². The summed E-state index contributed by atoms with van der Waals surface area (Å²) in [6.45, 7) is 11.8. The molecule has 0 saturated heterocycles. The van der Waals surface area contributed by atoms with E-state index in [1.54, 1.807) is 7.11 Å². The molecule has 294 valence electrons. The molecule has 0 fully saturated rings. The quantitative estimate of drug-likeness (QED) is 0.0355. The van der Waals surface area contributed by atoms with Crippen molar-refractivity contribution in [3.05, 3.63) is 0 Å². The van der Waals surface area contributed by atoms with E-state index in [0.29, 0.717) is 25.7 Å². The molecule has 0 amide bonds. The fourth-order valence-corrected chi connectivity index (χ4v) is 5.47. The first kappa shape index (κ1) is 47.6. The van der Waals surface area contributed by atoms with Crippen LogP contribution in [0.2, 0.25) is 0 Å². The van der Waals surface area contributed by atoms with Crippen molar-refractivity contribution < 1.29 is 47.6 Å². The minimum atomic E-state index is -0.919. The van der Waals surface area contributed by atoms with Crippen LogP contribution in [0.15, 0.2) is 0 Å². The second kappa shape index (κ2) is 35.0. The van der Waals surface area contributed by atoms with E-state index in [4.69, 9.17) is 28.4 Å². The maximum atomic E-state index is 13.0. The summed E-state index contributed by atoms with van der Waals surface area (Å²) in [4.78, 5) is 52.5. The van der Waals surface area contributed by atoms with Gasteiger partial charge in [-0.25, -0.2) is 4.79 Å². The minimum absolute atomic E-state index is 0.0129. The summed E-state index contributed by atoms with van der Waals surface area (Å²) < 4.78 is 32.6. The predicted molar refractivity (Wildman–Crippen MR) is 196 cm³/mol. The molecule has 11 heteroatoms. The SMILES string of the molecule is CCCCCCCC(=O)OCC(COC(=O)CCCCCCC)OC(=O)CCC(CCCCCCCOC)OC(=O)OCCCN(CC)CC. The Labute approximate surface area is 304 Å². The van der Waals surface area contributed by atoms with Crippen LogP contribution < -0.4 is 0 Å². The maximum Gasteiger partial charge on any atom is 0.508 e. The Morgan fingerprint density at radius 3 is 1.60 bits per heavy atom. The Hall–Kier alpha value is -2.40. The highest BCUT2D eigenvalue weighted by molar-refractivity contribution is 5.71. The Morgan fingerprint density at radius 2 is 1.04 bits per heavy atom. The zero-order valence-corrected chi connectivity index (χ0v) is 32.5. The first-order valence-electron chi connectivity index (χ1n) is 19.8. The zero-order chi connectivity index (χ0) is 37.1. The Balaban J connectivity index is 5.09. The smallest absolute Gasteiger partial charge is 0.462 e. The van der Waals surface area contributed by atoms with Crippen molar-refractivity contribution in [2.45, 2.75) is 175 Å². The van der Waals surface area contributed by atoms with Crippen molar-refractivity contribution in [3.8, 4) is 0 Å². The number of rotatable bonds is 35. The molecule has 0 spiro atoms. The third-order valence-electron chi connectivity index (χ3n) is 8.67. The third kappa shape index (κ3) is 30.4. The number of ether oxygens (including phenoxy) is 6. The molecule has 0 aliphatic heterocycles. The van der Waals surface area contributed by atoms with Gasteiger partial charge in [0.25, 0.3) is 0 Å². The highest BCUT2D eigenvalue weighted by Crippen LogP contribution is 2.16. The van der Waals surface area contributed by atoms with Crippen molar-refractivity contribution >= 4 is 24.1 Å². The van der Waals surface area contributed by atoms with E-state index in [9.17, 15) is 19.2 Å². The van der Waals surface area contributed by atoms with Crippen LogP contribution in [-0.4, -0.2) is 94.3 Å². The summed E-state index contributed by atoms with van der Waals surface area (Å²) in [6, 6.07) is 0. The lowest BCUT2D eigenvalue weighted by Crippen LogP contribution is -2.31. The number of carbonyl (C=O) groups excluding carboxylic acids is 4. The molecular formula is C39H73NO10. The second-order valence-corrected chi connectivity index (χ2v) is 13.1. The molecule has 0 rings (SSSR count). The van der Waals surface area contributed by atoms with Crippen LogP contribution >= 0.6 is 0 Å². The molecule has 0 saturated carbocycles. The van der Waals surface area contributed by atoms with Crippen LogP contribution in [0.5, 0.6) is 0 Å². The van der Waals surface area contributed by atoms with E-state index in [2.05, 4.69) is 32.6 Å². The molecule has 11 nitrogen and oxygen atoms in total. The van der Waals surface area contributed by atoms with E-state index in [0.717, 1.165) is 123 Å². The maximum absolute atomic E-state index is 13.0. The molecule has 0 bridgehead atoms. The summed E-state index contributed by atoms with van der Waals surface area (Å²) in [5, 5.41) is 0. The number of methoxy groups -OCH3 is 1. The van der Waals surface area contributed by atoms with Gasteiger partial charge in [-0.2, -0.15) is 0 Å². The van der Waals surface area contributed by atoms with Gasteiger partial charge in [0, 0.05) is 39.5 Å². The van der Waals surface area contributed by atoms with Crippen LogP contribution in [-0.2, 0) is 42.8 Å². The molecule has 0 heterocycles. The van der Waals surface area contributed by atoms with E-state index in [1.165, 1.54) is 0 Å². The molecule has 0 N–H and O–H groups in total. The lowest BCUT2D eigenvalue weighted by Gasteiger charge is -2.20. The average Bonchev–Trinajstić information content (AvgIpc) is 3.11. The van der Waals surface area contributed by atoms with Gasteiger partial charge in [-0.15, -0.1) is 0 Å². The number of unbranched alkanes of at least 4 members (excludes halogenated alkanes) is 12. The van der Waals surface area contributed by atoms with Gasteiger partial charge in [0.15, 0.2) is 6.10 Å². The molecular weight excluding hydrogens is 642 g/mol. The van der Waals surface area contributed by atoms with Crippen LogP contribution in [0.3, 0.4) is 0 Å². The van der Waals surface area contributed by atoms with Gasteiger partial charge in [0.05, 0.1) is 6.61 Å². The summed E-state index contributed by atoms with van der Waals surface area (Å²) >= 11 is 0. The molecule has 0 radical (unpaired) electrons. The van der Waals surface area contributed by atoms with Crippen molar-refractivity contribution in [1.82, 2.24) is 4.90 Å². The molecule has 0 aromatic rings. The number of hydrogen-bond acceptors (Lipinski definition) is 11. The first-order chi connectivity index (χ1) is 24.3. The molecule has 0 aliphatic rings. The van der Waals surface area contributed by atoms with Gasteiger partial charge in [0.1, 0.15) is 19.3 Å². The number of esters is 3. The van der Waals surface area contributed by atoms with E-state index < -0.39 is 24.3 Å². The van der Waals surface area contributed by atoms with Crippen molar-refractivity contribution in [3.63, 3.8) is 0 Å². The lowest BCUT2D eigenvalue weighted by atomic mass is 10.0. The predicted octanol–water partition coefficient (Wildman–Crippen LogP) is 8.73. The van der Waals surface area contributed by atoms with Crippen LogP contribution in [0.1, 0.15) is 163 Å². The standard InChI is InChI=1S/C39H73NO10/c1-6-10-12-15-20-25-36(41)47-32-35(33-48-37(42)26-21-16-13-11-7-2)49-38(43)28-27-34(24-19-17-14-18-22-30-45-5)50-39(44)46-31-23-29-40(8-3)9-4/h34-35H,6-33H2,1-5H3. The van der Waals surface area contributed by atoms with Crippen molar-refractivity contribution in [2.24, 2.45) is 0 Å². The molecule has 0 aromatic carbocycles. The topological polar surface area (TPSA) is 127 Å². The van der Waals surface area contributed by atoms with Gasteiger partial charge < -0.3 is 33.3 Å². The lowest BCUT2D eigenvalue weighted by molar-refractivity contribution is -0.167. The number of carbonyl (C=O) groups is 4. The monoisotopic (exact) mass is 716 g/mol. The van der Waals surface area contributed by atoms with Gasteiger partial charge in [-0.1, -0.05) is 98.3 Å². The fourth-order valence-electron chi connectivity index (χ4n) is 5.47. The van der Waals surface area contributed by atoms with Gasteiger partial charge in [-0.05, 0) is 58.0 Å². The molecule has 1 atom stereocenters. The highest BCUT2D eigenvalue weighted by atomic mass is 16.7. The van der Waals surface area contributed by atoms with E-state index >= 15 is 0 Å². The van der Waals surface area contributed by atoms with Crippen LogP contribution in [0.25, 0.3) is 0 Å². The minimum Gasteiger partial charge on any atom is -0.462 e. The van der Waals surface area contributed by atoms with Gasteiger partial charge >= 0.3 is 24.1 Å². The summed E-state index contributed by atoms with van der Waals surface area (Å²) in [6.07, 6.45) is 15.0. The Kier molecular flexibility index (Phi) is 33.3. The molecule has 0 aliphatic carbocycles. The third-order valence-corrected chi connectivity index (χ3v) is 8.67. The van der Waals surface area contributed by atoms with Crippen molar-refractivity contribution in [2.75, 3.05) is 53.2 Å². The van der Waals surface area contributed by atoms with Gasteiger partial charge in [0.2, 0.25) is 0 Å². The molecule has 50 heavy (non-hydrogen) atoms. The summed E-state index contributed by atoms with van der Waals surface area (Å²) in [5.41, 5.74) is 0. The summed E-state index contributed by atoms with van der Waals surface area (Å²) in [5.74, 6) is -1.27. The Morgan fingerprint density at radius 1 is 0.500 bits per heavy atom. The highest BCUT2D eigenvalue weighted by Gasteiger charge is 2.22. The average molecular weight is 716 g/mol. The number of hydrogen-bond donors (Lipinski definition) is 0. The van der Waals surface area contributed by atoms with E-state index in [-0.39, 0.29) is 44.6 Å². The normalized spacial score (nSPS) is 11.8. The van der Waals surface area contributed by atoms with Crippen LogP contribution in [0, 0.1) is 0 Å². The summed E-state index contributed by atoms with van der Waals surface area (Å²) in [7, 11) is 1.70. The largest absolute Gasteiger partial charge is 0.508 e. The number of nitrogens with zero attached hydrogens (tertiary/aromatic N) is 1. The zero-order valence-electron chi connectivity index (χ0n) is 32.5.